The van der Waals surface area contributed by atoms with E-state index in [9.17, 15) is 4.91 Å². The van der Waals surface area contributed by atoms with Crippen LogP contribution in [0, 0.1) is 4.91 Å². The first-order chi connectivity index (χ1) is 8.78. The largest absolute Gasteiger partial charge is 0.496 e. The fraction of sp³-hybridized carbons (Fsp3) is 0.143. The molecule has 0 fully saturated rings. The Morgan fingerprint density at radius 3 is 2.72 bits per heavy atom. The summed E-state index contributed by atoms with van der Waals surface area (Å²) in [5.41, 5.74) is 3.45. The molecule has 2 aromatic carbocycles. The summed E-state index contributed by atoms with van der Waals surface area (Å²) in [4.78, 5) is 10.6. The van der Waals surface area contributed by atoms with Crippen LogP contribution in [0.2, 0.25) is 0 Å². The van der Waals surface area contributed by atoms with Gasteiger partial charge in [0.05, 0.1) is 7.11 Å². The maximum atomic E-state index is 10.6. The highest BCUT2D eigenvalue weighted by molar-refractivity contribution is 9.08. The molecule has 0 amide bonds. The van der Waals surface area contributed by atoms with Crippen LogP contribution in [0.25, 0.3) is 11.1 Å². The van der Waals surface area contributed by atoms with Gasteiger partial charge in [-0.15, -0.1) is 4.91 Å². The molecule has 0 saturated carbocycles. The fourth-order valence-electron chi connectivity index (χ4n) is 1.79. The molecular weight excluding hydrogens is 294 g/mol. The third-order valence-corrected chi connectivity index (χ3v) is 3.33. The maximum absolute atomic E-state index is 10.6. The molecule has 0 saturated heterocycles. The number of benzene rings is 2. The molecule has 0 spiro atoms. The van der Waals surface area contributed by atoms with E-state index in [-0.39, 0.29) is 0 Å². The number of halogens is 1. The number of rotatable bonds is 4. The van der Waals surface area contributed by atoms with Gasteiger partial charge in [0.1, 0.15) is 11.4 Å². The first-order valence-corrected chi connectivity index (χ1v) is 6.57. The van der Waals surface area contributed by atoms with Crippen molar-refractivity contribution in [2.75, 3.05) is 7.11 Å². The van der Waals surface area contributed by atoms with Crippen molar-refractivity contribution in [1.29, 1.82) is 0 Å². The standard InChI is InChI=1S/C14H12BrNO2/c1-18-14-6-5-10(9-15)7-13(14)11-3-2-4-12(8-11)16-17/h2-8H,9H2,1H3. The Hall–Kier alpha value is -1.68. The minimum absolute atomic E-state index is 0.416. The van der Waals surface area contributed by atoms with Crippen molar-refractivity contribution in [2.45, 2.75) is 5.33 Å². The van der Waals surface area contributed by atoms with Crippen molar-refractivity contribution >= 4 is 21.6 Å². The number of ether oxygens (including phenoxy) is 1. The van der Waals surface area contributed by atoms with Crippen LogP contribution in [0.1, 0.15) is 5.56 Å². The first-order valence-electron chi connectivity index (χ1n) is 5.45. The van der Waals surface area contributed by atoms with E-state index in [4.69, 9.17) is 4.74 Å². The van der Waals surface area contributed by atoms with E-state index < -0.39 is 0 Å². The van der Waals surface area contributed by atoms with E-state index in [2.05, 4.69) is 21.1 Å². The van der Waals surface area contributed by atoms with Crippen molar-refractivity contribution < 1.29 is 4.74 Å². The molecule has 0 aromatic heterocycles. The van der Waals surface area contributed by atoms with Gasteiger partial charge in [-0.2, -0.15) is 0 Å². The lowest BCUT2D eigenvalue weighted by Gasteiger charge is -2.10. The SMILES string of the molecule is COc1ccc(CBr)cc1-c1cccc(N=O)c1. The number of alkyl halides is 1. The highest BCUT2D eigenvalue weighted by Gasteiger charge is 2.07. The van der Waals surface area contributed by atoms with E-state index in [1.54, 1.807) is 19.2 Å². The van der Waals surface area contributed by atoms with Gasteiger partial charge in [0.2, 0.25) is 0 Å². The van der Waals surface area contributed by atoms with Gasteiger partial charge in [-0.25, -0.2) is 0 Å². The summed E-state index contributed by atoms with van der Waals surface area (Å²) in [5, 5.41) is 3.73. The lowest BCUT2D eigenvalue weighted by atomic mass is 10.0. The summed E-state index contributed by atoms with van der Waals surface area (Å²) in [6.07, 6.45) is 0. The van der Waals surface area contributed by atoms with Crippen molar-refractivity contribution in [3.05, 3.63) is 52.9 Å². The van der Waals surface area contributed by atoms with Crippen LogP contribution in [0.4, 0.5) is 5.69 Å². The lowest BCUT2D eigenvalue weighted by Crippen LogP contribution is -1.89. The number of hydrogen-bond acceptors (Lipinski definition) is 3. The molecule has 18 heavy (non-hydrogen) atoms. The summed E-state index contributed by atoms with van der Waals surface area (Å²) in [5.74, 6) is 0.780. The molecule has 0 radical (unpaired) electrons. The molecule has 0 aliphatic rings. The zero-order chi connectivity index (χ0) is 13.0. The summed E-state index contributed by atoms with van der Waals surface area (Å²) >= 11 is 3.43. The Balaban J connectivity index is 2.56. The van der Waals surface area contributed by atoms with Crippen LogP contribution in [0.5, 0.6) is 5.75 Å². The molecule has 4 heteroatoms. The minimum Gasteiger partial charge on any atom is -0.496 e. The number of methoxy groups -OCH3 is 1. The Labute approximate surface area is 114 Å². The van der Waals surface area contributed by atoms with Crippen molar-refractivity contribution in [2.24, 2.45) is 5.18 Å². The van der Waals surface area contributed by atoms with E-state index >= 15 is 0 Å². The molecule has 0 heterocycles. The van der Waals surface area contributed by atoms with Crippen molar-refractivity contribution in [3.63, 3.8) is 0 Å². The Bertz CT molecular complexity index is 569. The summed E-state index contributed by atoms with van der Waals surface area (Å²) in [7, 11) is 1.63. The van der Waals surface area contributed by atoms with Gasteiger partial charge in [-0.1, -0.05) is 34.1 Å². The van der Waals surface area contributed by atoms with E-state index in [1.165, 1.54) is 0 Å². The summed E-state index contributed by atoms with van der Waals surface area (Å²) in [6, 6.07) is 13.1. The van der Waals surface area contributed by atoms with E-state index in [1.807, 2.05) is 30.3 Å². The fourth-order valence-corrected chi connectivity index (χ4v) is 2.14. The van der Waals surface area contributed by atoms with Crippen LogP contribution in [0.15, 0.2) is 47.6 Å². The molecule has 3 nitrogen and oxygen atoms in total. The monoisotopic (exact) mass is 305 g/mol. The third kappa shape index (κ3) is 2.59. The minimum atomic E-state index is 0.416. The molecular formula is C14H12BrNO2. The van der Waals surface area contributed by atoms with Crippen LogP contribution < -0.4 is 4.74 Å². The Kier molecular flexibility index (Phi) is 4.10. The average Bonchev–Trinajstić information content (AvgIpc) is 2.46. The predicted molar refractivity (Wildman–Crippen MR) is 76.5 cm³/mol. The molecule has 0 bridgehead atoms. The first kappa shape index (κ1) is 12.8. The van der Waals surface area contributed by atoms with Crippen molar-refractivity contribution in [3.8, 4) is 16.9 Å². The molecule has 92 valence electrons. The van der Waals surface area contributed by atoms with E-state index in [0.717, 1.165) is 27.8 Å². The molecule has 0 unspecified atom stereocenters. The maximum Gasteiger partial charge on any atom is 0.126 e. The van der Waals surface area contributed by atoms with Gasteiger partial charge >= 0.3 is 0 Å². The van der Waals surface area contributed by atoms with Crippen molar-refractivity contribution in [1.82, 2.24) is 0 Å². The highest BCUT2D eigenvalue weighted by Crippen LogP contribution is 2.33. The number of nitroso groups, excluding NO2 is 1. The molecule has 0 aliphatic heterocycles. The highest BCUT2D eigenvalue weighted by atomic mass is 79.9. The predicted octanol–water partition coefficient (Wildman–Crippen LogP) is 4.66. The second-order valence-electron chi connectivity index (χ2n) is 3.81. The Morgan fingerprint density at radius 2 is 2.06 bits per heavy atom. The van der Waals surface area contributed by atoms with Gasteiger partial charge in [0, 0.05) is 10.9 Å². The van der Waals surface area contributed by atoms with E-state index in [0.29, 0.717) is 5.69 Å². The van der Waals surface area contributed by atoms with Crippen LogP contribution >= 0.6 is 15.9 Å². The summed E-state index contributed by atoms with van der Waals surface area (Å²) in [6.45, 7) is 0. The van der Waals surface area contributed by atoms with Crippen LogP contribution in [-0.4, -0.2) is 7.11 Å². The molecule has 2 aromatic rings. The topological polar surface area (TPSA) is 38.7 Å². The average molecular weight is 306 g/mol. The smallest absolute Gasteiger partial charge is 0.126 e. The normalized spacial score (nSPS) is 10.1. The second kappa shape index (κ2) is 5.78. The van der Waals surface area contributed by atoms with Gasteiger partial charge in [-0.05, 0) is 40.6 Å². The van der Waals surface area contributed by atoms with Gasteiger partial charge in [0.15, 0.2) is 0 Å². The number of hydrogen-bond donors (Lipinski definition) is 0. The zero-order valence-electron chi connectivity index (χ0n) is 9.89. The van der Waals surface area contributed by atoms with Crippen LogP contribution in [0.3, 0.4) is 0 Å². The molecule has 0 N–H and O–H groups in total. The van der Waals surface area contributed by atoms with Gasteiger partial charge in [0.25, 0.3) is 0 Å². The lowest BCUT2D eigenvalue weighted by molar-refractivity contribution is 0.416. The summed E-state index contributed by atoms with van der Waals surface area (Å²) < 4.78 is 5.35. The Morgan fingerprint density at radius 1 is 1.22 bits per heavy atom. The molecule has 0 atom stereocenters. The third-order valence-electron chi connectivity index (χ3n) is 2.68. The second-order valence-corrected chi connectivity index (χ2v) is 4.37. The van der Waals surface area contributed by atoms with Crippen LogP contribution in [-0.2, 0) is 5.33 Å². The number of nitrogens with zero attached hydrogens (tertiary/aromatic N) is 1. The quantitative estimate of drug-likeness (QED) is 0.609. The van der Waals surface area contributed by atoms with Gasteiger partial charge in [-0.3, -0.25) is 0 Å². The van der Waals surface area contributed by atoms with Gasteiger partial charge < -0.3 is 4.74 Å². The zero-order valence-corrected chi connectivity index (χ0v) is 11.5. The molecule has 0 aliphatic carbocycles. The molecule has 2 rings (SSSR count).